The van der Waals surface area contributed by atoms with Gasteiger partial charge in [-0.1, -0.05) is 27.7 Å². The van der Waals surface area contributed by atoms with E-state index >= 15 is 0 Å². The van der Waals surface area contributed by atoms with Crippen molar-refractivity contribution in [3.8, 4) is 0 Å². The topological polar surface area (TPSA) is 118 Å². The predicted molar refractivity (Wildman–Crippen MR) is 184 cm³/mol. The standard InChI is InChI=1S/C37H69N5O3/c1-26(2)34(35(44)45-5)42-33(43)10-6-9-27-12-14-31-30-13-11-28-25-29(41-22-8-21-40-24-23-39-20-7-19-38)15-17-37(28,4)32(30)16-18-36(27,31)3/h26-32,34,39-41H,6-25,38H2,1-5H3,(H,42,43). The van der Waals surface area contributed by atoms with Crippen LogP contribution in [-0.2, 0) is 14.3 Å². The molecule has 45 heavy (non-hydrogen) atoms. The lowest BCUT2D eigenvalue weighted by atomic mass is 9.44. The van der Waals surface area contributed by atoms with E-state index in [-0.39, 0.29) is 17.8 Å². The average molecular weight is 632 g/mol. The van der Waals surface area contributed by atoms with E-state index in [1.165, 1.54) is 71.3 Å². The number of rotatable bonds is 18. The van der Waals surface area contributed by atoms with Crippen molar-refractivity contribution in [2.45, 2.75) is 130 Å². The third kappa shape index (κ3) is 9.03. The molecular weight excluding hydrogens is 562 g/mol. The van der Waals surface area contributed by atoms with Crippen LogP contribution in [0.25, 0.3) is 0 Å². The zero-order valence-corrected chi connectivity index (χ0v) is 29.6. The molecule has 0 heterocycles. The van der Waals surface area contributed by atoms with Gasteiger partial charge in [-0.2, -0.15) is 0 Å². The van der Waals surface area contributed by atoms with Crippen LogP contribution in [0.1, 0.15) is 118 Å². The minimum atomic E-state index is -0.555. The second-order valence-corrected chi connectivity index (χ2v) is 16.1. The van der Waals surface area contributed by atoms with E-state index < -0.39 is 6.04 Å². The van der Waals surface area contributed by atoms with Crippen LogP contribution in [0.5, 0.6) is 0 Å². The Morgan fingerprint density at radius 2 is 1.56 bits per heavy atom. The molecule has 4 saturated carbocycles. The summed E-state index contributed by atoms with van der Waals surface area (Å²) in [5.41, 5.74) is 6.50. The van der Waals surface area contributed by atoms with Gasteiger partial charge in [0.15, 0.2) is 0 Å². The monoisotopic (exact) mass is 632 g/mol. The number of hydrogen-bond donors (Lipinski definition) is 5. The van der Waals surface area contributed by atoms with Crippen LogP contribution in [-0.4, -0.2) is 70.3 Å². The van der Waals surface area contributed by atoms with Crippen LogP contribution in [0, 0.1) is 46.3 Å². The zero-order valence-electron chi connectivity index (χ0n) is 29.6. The molecule has 9 unspecified atom stereocenters. The van der Waals surface area contributed by atoms with Gasteiger partial charge in [-0.15, -0.1) is 0 Å². The van der Waals surface area contributed by atoms with Gasteiger partial charge in [0, 0.05) is 25.6 Å². The molecule has 0 bridgehead atoms. The van der Waals surface area contributed by atoms with E-state index in [4.69, 9.17) is 10.5 Å². The van der Waals surface area contributed by atoms with E-state index in [9.17, 15) is 9.59 Å². The molecule has 0 aromatic rings. The molecule has 8 nitrogen and oxygen atoms in total. The van der Waals surface area contributed by atoms with Gasteiger partial charge in [-0.05, 0) is 156 Å². The second-order valence-electron chi connectivity index (χ2n) is 16.1. The lowest BCUT2D eigenvalue weighted by Crippen LogP contribution is -2.55. The molecule has 0 spiro atoms. The molecule has 0 aromatic heterocycles. The van der Waals surface area contributed by atoms with Crippen molar-refractivity contribution in [1.29, 1.82) is 0 Å². The molecule has 4 aliphatic rings. The Balaban J connectivity index is 1.19. The summed E-state index contributed by atoms with van der Waals surface area (Å²) in [6.07, 6.45) is 17.2. The average Bonchev–Trinajstić information content (AvgIpc) is 3.36. The van der Waals surface area contributed by atoms with Gasteiger partial charge < -0.3 is 31.7 Å². The van der Waals surface area contributed by atoms with Crippen LogP contribution < -0.4 is 27.0 Å². The molecule has 0 aromatic carbocycles. The SMILES string of the molecule is COC(=O)C(NC(=O)CCCC1CCC2C3CCC4CC(NCCCNCCNCCCN)CCC4(C)C3CCC12C)C(C)C. The van der Waals surface area contributed by atoms with E-state index in [1.807, 2.05) is 13.8 Å². The van der Waals surface area contributed by atoms with Crippen molar-refractivity contribution in [3.63, 3.8) is 0 Å². The maximum Gasteiger partial charge on any atom is 0.328 e. The van der Waals surface area contributed by atoms with Gasteiger partial charge in [0.25, 0.3) is 0 Å². The van der Waals surface area contributed by atoms with Gasteiger partial charge in [0.2, 0.25) is 5.91 Å². The number of carbonyl (C=O) groups is 2. The van der Waals surface area contributed by atoms with Crippen molar-refractivity contribution in [2.75, 3.05) is 46.4 Å². The minimum absolute atomic E-state index is 0.0159. The first-order chi connectivity index (χ1) is 21.6. The van der Waals surface area contributed by atoms with Gasteiger partial charge in [0.05, 0.1) is 7.11 Å². The summed E-state index contributed by atoms with van der Waals surface area (Å²) in [5, 5.41) is 13.9. The number of carbonyl (C=O) groups excluding carboxylic acids is 2. The van der Waals surface area contributed by atoms with Crippen molar-refractivity contribution in [1.82, 2.24) is 21.3 Å². The maximum absolute atomic E-state index is 12.7. The largest absolute Gasteiger partial charge is 0.467 e. The summed E-state index contributed by atoms with van der Waals surface area (Å²) in [6, 6.07) is 0.142. The lowest BCUT2D eigenvalue weighted by molar-refractivity contribution is -0.146. The maximum atomic E-state index is 12.7. The molecule has 4 aliphatic carbocycles. The number of nitrogens with one attached hydrogen (secondary N) is 4. The van der Waals surface area contributed by atoms with Gasteiger partial charge >= 0.3 is 5.97 Å². The van der Waals surface area contributed by atoms with Crippen LogP contribution in [0.3, 0.4) is 0 Å². The Morgan fingerprint density at radius 3 is 2.27 bits per heavy atom. The minimum Gasteiger partial charge on any atom is -0.467 e. The zero-order chi connectivity index (χ0) is 32.5. The van der Waals surface area contributed by atoms with Crippen molar-refractivity contribution >= 4 is 11.9 Å². The molecule has 1 amide bonds. The number of hydrogen-bond acceptors (Lipinski definition) is 7. The van der Waals surface area contributed by atoms with Crippen molar-refractivity contribution in [2.24, 2.45) is 52.1 Å². The van der Waals surface area contributed by atoms with Crippen molar-refractivity contribution in [3.05, 3.63) is 0 Å². The summed E-state index contributed by atoms with van der Waals surface area (Å²) < 4.78 is 4.90. The highest BCUT2D eigenvalue weighted by Crippen LogP contribution is 2.67. The lowest BCUT2D eigenvalue weighted by Gasteiger charge is -2.61. The molecule has 260 valence electrons. The van der Waals surface area contributed by atoms with E-state index in [1.54, 1.807) is 0 Å². The molecule has 0 aliphatic heterocycles. The number of methoxy groups -OCH3 is 1. The Morgan fingerprint density at radius 1 is 0.844 bits per heavy atom. The van der Waals surface area contributed by atoms with E-state index in [0.717, 1.165) is 88.1 Å². The highest BCUT2D eigenvalue weighted by molar-refractivity contribution is 5.84. The summed E-state index contributed by atoms with van der Waals surface area (Å²) in [7, 11) is 1.39. The highest BCUT2D eigenvalue weighted by atomic mass is 16.5. The highest BCUT2D eigenvalue weighted by Gasteiger charge is 2.59. The molecule has 4 fully saturated rings. The summed E-state index contributed by atoms with van der Waals surface area (Å²) in [4.78, 5) is 24.8. The molecule has 6 N–H and O–H groups in total. The van der Waals surface area contributed by atoms with Gasteiger partial charge in [-0.25, -0.2) is 4.79 Å². The second kappa shape index (κ2) is 17.3. The fourth-order valence-corrected chi connectivity index (χ4v) is 10.6. The fraction of sp³-hybridized carbons (Fsp3) is 0.946. The van der Waals surface area contributed by atoms with E-state index in [2.05, 4.69) is 35.1 Å². The normalized spacial score (nSPS) is 34.9. The first-order valence-corrected chi connectivity index (χ1v) is 18.9. The number of nitrogens with two attached hydrogens (primary N) is 1. The molecule has 4 rings (SSSR count). The van der Waals surface area contributed by atoms with Gasteiger partial charge in [-0.3, -0.25) is 4.79 Å². The number of amides is 1. The molecular formula is C37H69N5O3. The molecule has 8 heteroatoms. The Bertz CT molecular complexity index is 932. The molecule has 0 radical (unpaired) electrons. The first-order valence-electron chi connectivity index (χ1n) is 18.9. The van der Waals surface area contributed by atoms with Crippen LogP contribution >= 0.6 is 0 Å². The summed E-state index contributed by atoms with van der Waals surface area (Å²) in [5.74, 6) is 3.91. The number of fused-ring (bicyclic) bond motifs is 5. The van der Waals surface area contributed by atoms with Crippen LogP contribution in [0.15, 0.2) is 0 Å². The third-order valence-corrected chi connectivity index (χ3v) is 13.3. The predicted octanol–water partition coefficient (Wildman–Crippen LogP) is 5.01. The fourth-order valence-electron chi connectivity index (χ4n) is 10.6. The number of ether oxygens (including phenoxy) is 1. The quantitative estimate of drug-likeness (QED) is 0.107. The van der Waals surface area contributed by atoms with Crippen molar-refractivity contribution < 1.29 is 14.3 Å². The number of esters is 1. The Hall–Kier alpha value is -1.22. The summed E-state index contributed by atoms with van der Waals surface area (Å²) >= 11 is 0. The molecule has 0 saturated heterocycles. The van der Waals surface area contributed by atoms with E-state index in [0.29, 0.717) is 23.3 Å². The van der Waals surface area contributed by atoms with Gasteiger partial charge in [0.1, 0.15) is 6.04 Å². The van der Waals surface area contributed by atoms with Crippen LogP contribution in [0.4, 0.5) is 0 Å². The third-order valence-electron chi connectivity index (χ3n) is 13.3. The summed E-state index contributed by atoms with van der Waals surface area (Å²) in [6.45, 7) is 15.2. The van der Waals surface area contributed by atoms with Crippen LogP contribution in [0.2, 0.25) is 0 Å². The first kappa shape index (κ1) is 36.6. The molecule has 9 atom stereocenters. The Kier molecular flexibility index (Phi) is 14.0. The Labute approximate surface area is 275 Å². The smallest absolute Gasteiger partial charge is 0.328 e.